The van der Waals surface area contributed by atoms with Crippen LogP contribution >= 0.6 is 15.9 Å². The topological polar surface area (TPSA) is 47.6 Å². The number of halogens is 2. The molecule has 1 aromatic rings. The van der Waals surface area contributed by atoms with Gasteiger partial charge in [-0.2, -0.15) is 0 Å². The summed E-state index contributed by atoms with van der Waals surface area (Å²) < 4.78 is 23.9. The highest BCUT2D eigenvalue weighted by molar-refractivity contribution is 9.10. The van der Waals surface area contributed by atoms with Crippen LogP contribution in [0.15, 0.2) is 22.7 Å². The molecule has 2 atom stereocenters. The van der Waals surface area contributed by atoms with E-state index in [-0.39, 0.29) is 23.9 Å². The van der Waals surface area contributed by atoms with Crippen molar-refractivity contribution < 1.29 is 18.7 Å². The Bertz CT molecular complexity index is 455. The standard InChI is InChI=1S/C12H13BrFNO3/c1-17-12(16)11-5-8(6-15-11)18-7-2-3-9(13)10(14)4-7/h2-4,8,11,15H,5-6H2,1H3/t8-,11-/m1/s1. The number of benzene rings is 1. The molecule has 0 radical (unpaired) electrons. The predicted octanol–water partition coefficient (Wildman–Crippen LogP) is 1.87. The first kappa shape index (κ1) is 13.3. The fourth-order valence-corrected chi connectivity index (χ4v) is 2.10. The number of nitrogens with one attached hydrogen (secondary N) is 1. The molecule has 1 aliphatic heterocycles. The van der Waals surface area contributed by atoms with Crippen LogP contribution in [0.3, 0.4) is 0 Å². The van der Waals surface area contributed by atoms with Crippen LogP contribution in [0, 0.1) is 5.82 Å². The minimum absolute atomic E-state index is 0.158. The minimum Gasteiger partial charge on any atom is -0.489 e. The molecule has 1 aromatic carbocycles. The van der Waals surface area contributed by atoms with Crippen LogP contribution in [0.25, 0.3) is 0 Å². The van der Waals surface area contributed by atoms with Crippen molar-refractivity contribution in [2.45, 2.75) is 18.6 Å². The highest BCUT2D eigenvalue weighted by atomic mass is 79.9. The Morgan fingerprint density at radius 1 is 1.56 bits per heavy atom. The van der Waals surface area contributed by atoms with Gasteiger partial charge in [0.2, 0.25) is 0 Å². The zero-order chi connectivity index (χ0) is 13.1. The quantitative estimate of drug-likeness (QED) is 0.865. The van der Waals surface area contributed by atoms with E-state index in [4.69, 9.17) is 4.74 Å². The lowest BCUT2D eigenvalue weighted by Gasteiger charge is -2.13. The van der Waals surface area contributed by atoms with Gasteiger partial charge in [-0.1, -0.05) is 0 Å². The lowest BCUT2D eigenvalue weighted by atomic mass is 10.2. The highest BCUT2D eigenvalue weighted by Crippen LogP contribution is 2.23. The second-order valence-electron chi connectivity index (χ2n) is 4.04. The van der Waals surface area contributed by atoms with Crippen molar-refractivity contribution in [3.63, 3.8) is 0 Å². The van der Waals surface area contributed by atoms with Crippen molar-refractivity contribution in [2.75, 3.05) is 13.7 Å². The summed E-state index contributed by atoms with van der Waals surface area (Å²) in [5.74, 6) is -0.223. The third kappa shape index (κ3) is 3.00. The summed E-state index contributed by atoms with van der Waals surface area (Å²) in [7, 11) is 1.35. The molecule has 1 saturated heterocycles. The van der Waals surface area contributed by atoms with Gasteiger partial charge in [-0.05, 0) is 28.1 Å². The number of ether oxygens (including phenoxy) is 2. The van der Waals surface area contributed by atoms with Crippen LogP contribution in [0.2, 0.25) is 0 Å². The van der Waals surface area contributed by atoms with Crippen LogP contribution in [-0.4, -0.2) is 31.8 Å². The minimum atomic E-state index is -0.372. The van der Waals surface area contributed by atoms with E-state index >= 15 is 0 Å². The highest BCUT2D eigenvalue weighted by Gasteiger charge is 2.31. The molecule has 0 bridgehead atoms. The van der Waals surface area contributed by atoms with E-state index in [1.54, 1.807) is 12.1 Å². The molecule has 1 fully saturated rings. The van der Waals surface area contributed by atoms with E-state index in [0.717, 1.165) is 0 Å². The van der Waals surface area contributed by atoms with Crippen molar-refractivity contribution in [2.24, 2.45) is 0 Å². The first-order chi connectivity index (χ1) is 8.60. The second-order valence-corrected chi connectivity index (χ2v) is 4.89. The van der Waals surface area contributed by atoms with E-state index in [0.29, 0.717) is 23.2 Å². The monoisotopic (exact) mass is 317 g/mol. The second kappa shape index (κ2) is 5.67. The third-order valence-electron chi connectivity index (χ3n) is 2.77. The molecule has 0 unspecified atom stereocenters. The van der Waals surface area contributed by atoms with Gasteiger partial charge >= 0.3 is 5.97 Å². The molecule has 1 N–H and O–H groups in total. The molecule has 0 spiro atoms. The van der Waals surface area contributed by atoms with Crippen LogP contribution in [0.5, 0.6) is 5.75 Å². The Kier molecular flexibility index (Phi) is 4.19. The first-order valence-corrected chi connectivity index (χ1v) is 6.32. The molecule has 6 heteroatoms. The summed E-state index contributed by atoms with van der Waals surface area (Å²) >= 11 is 3.08. The zero-order valence-corrected chi connectivity index (χ0v) is 11.4. The summed E-state index contributed by atoms with van der Waals surface area (Å²) in [6.45, 7) is 0.539. The molecule has 0 amide bonds. The number of carbonyl (C=O) groups excluding carboxylic acids is 1. The summed E-state index contributed by atoms with van der Waals surface area (Å²) in [4.78, 5) is 11.3. The van der Waals surface area contributed by atoms with Crippen molar-refractivity contribution in [3.05, 3.63) is 28.5 Å². The van der Waals surface area contributed by atoms with Gasteiger partial charge in [-0.25, -0.2) is 4.39 Å². The molecule has 4 nitrogen and oxygen atoms in total. The molecule has 98 valence electrons. The van der Waals surface area contributed by atoms with Gasteiger partial charge in [0.05, 0.1) is 11.6 Å². The lowest BCUT2D eigenvalue weighted by Crippen LogP contribution is -2.31. The average molecular weight is 318 g/mol. The molecule has 0 aliphatic carbocycles. The zero-order valence-electron chi connectivity index (χ0n) is 9.78. The smallest absolute Gasteiger partial charge is 0.323 e. The maximum atomic E-state index is 13.3. The Balaban J connectivity index is 1.95. The molecule has 18 heavy (non-hydrogen) atoms. The van der Waals surface area contributed by atoms with E-state index in [2.05, 4.69) is 26.0 Å². The van der Waals surface area contributed by atoms with Gasteiger partial charge < -0.3 is 14.8 Å². The van der Waals surface area contributed by atoms with Gasteiger partial charge in [-0.15, -0.1) is 0 Å². The van der Waals surface area contributed by atoms with Crippen molar-refractivity contribution >= 4 is 21.9 Å². The van der Waals surface area contributed by atoms with Gasteiger partial charge in [0, 0.05) is 19.0 Å². The number of hydrogen-bond acceptors (Lipinski definition) is 4. The fraction of sp³-hybridized carbons (Fsp3) is 0.417. The lowest BCUT2D eigenvalue weighted by molar-refractivity contribution is -0.142. The van der Waals surface area contributed by atoms with Crippen LogP contribution in [-0.2, 0) is 9.53 Å². The van der Waals surface area contributed by atoms with Gasteiger partial charge in [0.25, 0.3) is 0 Å². The summed E-state index contributed by atoms with van der Waals surface area (Å²) in [6.07, 6.45) is 0.361. The van der Waals surface area contributed by atoms with Crippen LogP contribution in [0.4, 0.5) is 4.39 Å². The third-order valence-corrected chi connectivity index (χ3v) is 3.41. The molecule has 2 rings (SSSR count). The maximum absolute atomic E-state index is 13.3. The Labute approximate surface area is 113 Å². The Hall–Kier alpha value is -1.14. The van der Waals surface area contributed by atoms with Gasteiger partial charge in [0.15, 0.2) is 0 Å². The van der Waals surface area contributed by atoms with E-state index in [1.165, 1.54) is 13.2 Å². The summed E-state index contributed by atoms with van der Waals surface area (Å²) in [5, 5.41) is 3.00. The molecule has 0 aromatic heterocycles. The van der Waals surface area contributed by atoms with Crippen molar-refractivity contribution in [3.8, 4) is 5.75 Å². The largest absolute Gasteiger partial charge is 0.489 e. The first-order valence-electron chi connectivity index (χ1n) is 5.53. The molecule has 1 aliphatic rings. The number of esters is 1. The SMILES string of the molecule is COC(=O)[C@H]1C[C@@H](Oc2ccc(Br)c(F)c2)CN1. The van der Waals surface area contributed by atoms with Crippen molar-refractivity contribution in [1.29, 1.82) is 0 Å². The van der Waals surface area contributed by atoms with Crippen LogP contribution < -0.4 is 10.1 Å². The fourth-order valence-electron chi connectivity index (χ4n) is 1.86. The maximum Gasteiger partial charge on any atom is 0.323 e. The molecular formula is C12H13BrFNO3. The average Bonchev–Trinajstić information content (AvgIpc) is 2.81. The molecular weight excluding hydrogens is 305 g/mol. The molecule has 1 heterocycles. The Morgan fingerprint density at radius 3 is 3.00 bits per heavy atom. The summed E-state index contributed by atoms with van der Waals surface area (Å²) in [6, 6.07) is 4.24. The summed E-state index contributed by atoms with van der Waals surface area (Å²) in [5.41, 5.74) is 0. The predicted molar refractivity (Wildman–Crippen MR) is 66.9 cm³/mol. The normalized spacial score (nSPS) is 22.8. The Morgan fingerprint density at radius 2 is 2.33 bits per heavy atom. The van der Waals surface area contributed by atoms with Crippen molar-refractivity contribution in [1.82, 2.24) is 5.32 Å². The van der Waals surface area contributed by atoms with E-state index < -0.39 is 0 Å². The van der Waals surface area contributed by atoms with E-state index in [9.17, 15) is 9.18 Å². The number of hydrogen-bond donors (Lipinski definition) is 1. The van der Waals surface area contributed by atoms with Gasteiger partial charge in [-0.3, -0.25) is 4.79 Å². The number of methoxy groups -OCH3 is 1. The number of rotatable bonds is 3. The number of carbonyl (C=O) groups is 1. The molecule has 0 saturated carbocycles. The van der Waals surface area contributed by atoms with Crippen LogP contribution in [0.1, 0.15) is 6.42 Å². The van der Waals surface area contributed by atoms with Gasteiger partial charge in [0.1, 0.15) is 23.7 Å². The van der Waals surface area contributed by atoms with E-state index in [1.807, 2.05) is 0 Å².